The molecule has 25 heavy (non-hydrogen) atoms. The van der Waals surface area contributed by atoms with Gasteiger partial charge in [0.2, 0.25) is 0 Å². The van der Waals surface area contributed by atoms with Gasteiger partial charge in [-0.3, -0.25) is 9.68 Å². The van der Waals surface area contributed by atoms with Crippen molar-refractivity contribution in [1.82, 2.24) is 0 Å². The molecule has 0 amide bonds. The second-order valence-electron chi connectivity index (χ2n) is 6.57. The lowest BCUT2D eigenvalue weighted by Gasteiger charge is -2.16. The summed E-state index contributed by atoms with van der Waals surface area (Å²) in [5.41, 5.74) is -0.484. The van der Waals surface area contributed by atoms with E-state index in [4.69, 9.17) is 14.5 Å². The van der Waals surface area contributed by atoms with Gasteiger partial charge in [-0.2, -0.15) is 4.89 Å². The molecule has 0 aliphatic rings. The van der Waals surface area contributed by atoms with E-state index in [0.29, 0.717) is 16.5 Å². The number of hydrogen-bond acceptors (Lipinski definition) is 6. The van der Waals surface area contributed by atoms with Crippen LogP contribution in [0, 0.1) is 0 Å². The van der Waals surface area contributed by atoms with E-state index in [0.717, 1.165) is 9.40 Å². The summed E-state index contributed by atoms with van der Waals surface area (Å²) in [4.78, 5) is 34.9. The maximum absolute atomic E-state index is 12.8. The maximum atomic E-state index is 12.8. The van der Waals surface area contributed by atoms with Gasteiger partial charge in [0.15, 0.2) is 5.43 Å². The summed E-state index contributed by atoms with van der Waals surface area (Å²) in [5, 5.41) is 1.03. The number of carbonyl (C=O) groups excluding carboxylic acids is 1. The highest BCUT2D eigenvalue weighted by molar-refractivity contribution is 7.24. The third-order valence-corrected chi connectivity index (χ3v) is 4.63. The molecular weight excluding hydrogens is 340 g/mol. The fourth-order valence-corrected chi connectivity index (χ4v) is 3.33. The monoisotopic (exact) mass is 358 g/mol. The predicted molar refractivity (Wildman–Crippen MR) is 98.4 cm³/mol. The standard InChI is InChI=1S/C19H18O5S/c1-19(2,3)24-23-18(21)11-5-7-15-13(9-11)17(20)14-10-12(22-4)6-8-16(14)25-15/h5-10H,1-4H3. The van der Waals surface area contributed by atoms with Crippen molar-refractivity contribution >= 4 is 37.5 Å². The number of benzene rings is 2. The maximum Gasteiger partial charge on any atom is 0.373 e. The number of carbonyl (C=O) groups is 1. The van der Waals surface area contributed by atoms with Crippen LogP contribution in [0.25, 0.3) is 20.2 Å². The largest absolute Gasteiger partial charge is 0.497 e. The van der Waals surface area contributed by atoms with Crippen molar-refractivity contribution in [2.24, 2.45) is 0 Å². The number of methoxy groups -OCH3 is 1. The molecule has 0 saturated heterocycles. The number of fused-ring (bicyclic) bond motifs is 2. The van der Waals surface area contributed by atoms with E-state index in [1.807, 2.05) is 12.1 Å². The second kappa shape index (κ2) is 6.46. The Bertz CT molecular complexity index is 1010. The fourth-order valence-electron chi connectivity index (χ4n) is 2.30. The van der Waals surface area contributed by atoms with Crippen LogP contribution in [0.2, 0.25) is 0 Å². The Labute approximate surface area is 148 Å². The molecule has 0 fully saturated rings. The average molecular weight is 358 g/mol. The highest BCUT2D eigenvalue weighted by atomic mass is 32.1. The van der Waals surface area contributed by atoms with Crippen LogP contribution in [0.15, 0.2) is 41.2 Å². The predicted octanol–water partition coefficient (Wildman–Crippen LogP) is 4.31. The first-order valence-electron chi connectivity index (χ1n) is 7.73. The Kier molecular flexibility index (Phi) is 4.49. The van der Waals surface area contributed by atoms with Gasteiger partial charge in [0.05, 0.1) is 12.7 Å². The second-order valence-corrected chi connectivity index (χ2v) is 7.65. The SMILES string of the molecule is COc1ccc2sc3ccc(C(=O)OOC(C)(C)C)cc3c(=O)c2c1. The highest BCUT2D eigenvalue weighted by Gasteiger charge is 2.17. The van der Waals surface area contributed by atoms with Crippen LogP contribution in [0.4, 0.5) is 0 Å². The van der Waals surface area contributed by atoms with E-state index in [-0.39, 0.29) is 11.0 Å². The molecule has 6 heteroatoms. The van der Waals surface area contributed by atoms with E-state index in [1.165, 1.54) is 11.3 Å². The first kappa shape index (κ1) is 17.4. The minimum Gasteiger partial charge on any atom is -0.497 e. The van der Waals surface area contributed by atoms with Gasteiger partial charge in [-0.15, -0.1) is 11.3 Å². The molecule has 2 aromatic carbocycles. The first-order chi connectivity index (χ1) is 11.8. The quantitative estimate of drug-likeness (QED) is 0.397. The molecule has 0 spiro atoms. The molecule has 3 rings (SSSR count). The zero-order valence-electron chi connectivity index (χ0n) is 14.4. The van der Waals surface area contributed by atoms with E-state index in [9.17, 15) is 9.59 Å². The molecule has 0 unspecified atom stereocenters. The third-order valence-electron chi connectivity index (χ3n) is 3.48. The van der Waals surface area contributed by atoms with Gasteiger partial charge in [0.1, 0.15) is 11.4 Å². The summed E-state index contributed by atoms with van der Waals surface area (Å²) in [5.74, 6) is -0.0164. The van der Waals surface area contributed by atoms with Gasteiger partial charge >= 0.3 is 5.97 Å². The average Bonchev–Trinajstić information content (AvgIpc) is 2.59. The zero-order chi connectivity index (χ0) is 18.2. The number of ether oxygens (including phenoxy) is 1. The van der Waals surface area contributed by atoms with E-state index in [2.05, 4.69) is 0 Å². The molecule has 1 heterocycles. The van der Waals surface area contributed by atoms with E-state index >= 15 is 0 Å². The van der Waals surface area contributed by atoms with Gasteiger partial charge in [0, 0.05) is 20.2 Å². The van der Waals surface area contributed by atoms with Gasteiger partial charge in [0.25, 0.3) is 0 Å². The lowest BCUT2D eigenvalue weighted by atomic mass is 10.1. The lowest BCUT2D eigenvalue weighted by molar-refractivity contribution is -0.301. The van der Waals surface area contributed by atoms with Crippen molar-refractivity contribution in [1.29, 1.82) is 0 Å². The van der Waals surface area contributed by atoms with Gasteiger partial charge < -0.3 is 4.74 Å². The summed E-state index contributed by atoms with van der Waals surface area (Å²) in [6, 6.07) is 10.3. The zero-order valence-corrected chi connectivity index (χ0v) is 15.2. The third kappa shape index (κ3) is 3.65. The van der Waals surface area contributed by atoms with Crippen molar-refractivity contribution < 1.29 is 19.3 Å². The fraction of sp³-hybridized carbons (Fsp3) is 0.263. The molecular formula is C19H18O5S. The van der Waals surface area contributed by atoms with E-state index < -0.39 is 11.6 Å². The van der Waals surface area contributed by atoms with Crippen LogP contribution in [-0.2, 0) is 9.78 Å². The molecule has 0 N–H and O–H groups in total. The summed E-state index contributed by atoms with van der Waals surface area (Å²) >= 11 is 1.48. The Morgan fingerprint density at radius 3 is 2.28 bits per heavy atom. The summed E-state index contributed by atoms with van der Waals surface area (Å²) < 4.78 is 6.86. The molecule has 0 aliphatic carbocycles. The highest BCUT2D eigenvalue weighted by Crippen LogP contribution is 2.28. The summed E-state index contributed by atoms with van der Waals surface area (Å²) in [6.45, 7) is 5.33. The molecule has 0 bridgehead atoms. The van der Waals surface area contributed by atoms with Crippen LogP contribution in [0.1, 0.15) is 31.1 Å². The molecule has 3 aromatic rings. The Morgan fingerprint density at radius 1 is 1.00 bits per heavy atom. The molecule has 0 saturated carbocycles. The van der Waals surface area contributed by atoms with Crippen LogP contribution in [-0.4, -0.2) is 18.7 Å². The van der Waals surface area contributed by atoms with Crippen LogP contribution in [0.3, 0.4) is 0 Å². The Balaban J connectivity index is 2.07. The van der Waals surface area contributed by atoms with Crippen LogP contribution < -0.4 is 10.2 Å². The van der Waals surface area contributed by atoms with Gasteiger partial charge in [-0.05, 0) is 57.2 Å². The smallest absolute Gasteiger partial charge is 0.373 e. The molecule has 130 valence electrons. The Morgan fingerprint density at radius 2 is 1.64 bits per heavy atom. The van der Waals surface area contributed by atoms with Crippen molar-refractivity contribution in [3.8, 4) is 5.75 Å². The van der Waals surface area contributed by atoms with Crippen LogP contribution >= 0.6 is 11.3 Å². The van der Waals surface area contributed by atoms with E-state index in [1.54, 1.807) is 52.1 Å². The molecule has 0 aliphatic heterocycles. The normalized spacial score (nSPS) is 11.7. The molecule has 5 nitrogen and oxygen atoms in total. The molecule has 1 aromatic heterocycles. The summed E-state index contributed by atoms with van der Waals surface area (Å²) in [6.07, 6.45) is 0. The number of hydrogen-bond donors (Lipinski definition) is 0. The molecule has 0 radical (unpaired) electrons. The topological polar surface area (TPSA) is 61.8 Å². The summed E-state index contributed by atoms with van der Waals surface area (Å²) in [7, 11) is 1.56. The van der Waals surface area contributed by atoms with Crippen molar-refractivity contribution in [3.05, 3.63) is 52.2 Å². The first-order valence-corrected chi connectivity index (χ1v) is 8.55. The van der Waals surface area contributed by atoms with Crippen molar-refractivity contribution in [2.45, 2.75) is 26.4 Å². The minimum atomic E-state index is -0.632. The molecule has 0 atom stereocenters. The van der Waals surface area contributed by atoms with Crippen molar-refractivity contribution in [2.75, 3.05) is 7.11 Å². The van der Waals surface area contributed by atoms with Crippen LogP contribution in [0.5, 0.6) is 5.75 Å². The number of rotatable bonds is 3. The van der Waals surface area contributed by atoms with Gasteiger partial charge in [-0.25, -0.2) is 4.79 Å². The van der Waals surface area contributed by atoms with Crippen molar-refractivity contribution in [3.63, 3.8) is 0 Å². The Hall–Kier alpha value is -2.44. The van der Waals surface area contributed by atoms with Gasteiger partial charge in [-0.1, -0.05) is 0 Å². The minimum absolute atomic E-state index is 0.144. The lowest BCUT2D eigenvalue weighted by Crippen LogP contribution is -2.22.